The molecular weight excluding hydrogens is 472 g/mol. The lowest BCUT2D eigenvalue weighted by molar-refractivity contribution is -0.201. The lowest BCUT2D eigenvalue weighted by Gasteiger charge is -2.65. The van der Waals surface area contributed by atoms with E-state index in [9.17, 15) is 9.90 Å². The van der Waals surface area contributed by atoms with Crippen LogP contribution >= 0.6 is 0 Å². The Hall–Kier alpha value is -2.63. The van der Waals surface area contributed by atoms with E-state index in [1.165, 1.54) is 24.0 Å². The van der Waals surface area contributed by atoms with Crippen molar-refractivity contribution in [1.82, 2.24) is 9.80 Å². The molecule has 5 heteroatoms. The van der Waals surface area contributed by atoms with Crippen LogP contribution in [0.25, 0.3) is 6.08 Å². The minimum atomic E-state index is -0.826. The first kappa shape index (κ1) is 24.4. The molecule has 200 valence electrons. The Morgan fingerprint density at radius 3 is 2.71 bits per heavy atom. The molecule has 1 spiro atoms. The number of nitrogens with zero attached hydrogens (tertiary/aromatic N) is 2. The standard InChI is InChI=1S/C33H40N2O3/c1-22(2)20-35(29(36)14-13-23-7-4-3-5-8-23)26-15-16-33(37)28-19-25-9-6-10-27-30(25)32(33,31(26)38-27)17-18-34(28)21-24-11-12-24/h3-10,13-14,22,24,26,28,31,37H,11-12,15-21H2,1-2H3/t26-,28-,31+,32+,33-/m1/s1. The minimum Gasteiger partial charge on any atom is -0.487 e. The maximum absolute atomic E-state index is 13.8. The molecule has 5 aliphatic rings. The van der Waals surface area contributed by atoms with Gasteiger partial charge in [0.2, 0.25) is 5.91 Å². The average molecular weight is 513 g/mol. The smallest absolute Gasteiger partial charge is 0.246 e. The van der Waals surface area contributed by atoms with Gasteiger partial charge in [0.05, 0.1) is 17.1 Å². The molecule has 0 radical (unpaired) electrons. The van der Waals surface area contributed by atoms with E-state index in [-0.39, 0.29) is 24.1 Å². The molecule has 2 heterocycles. The molecule has 2 aromatic rings. The van der Waals surface area contributed by atoms with Crippen LogP contribution in [0.2, 0.25) is 0 Å². The van der Waals surface area contributed by atoms with Crippen molar-refractivity contribution in [2.24, 2.45) is 11.8 Å². The maximum Gasteiger partial charge on any atom is 0.246 e. The van der Waals surface area contributed by atoms with Crippen molar-refractivity contribution in [3.05, 3.63) is 71.3 Å². The third-order valence-corrected chi connectivity index (χ3v) is 10.1. The van der Waals surface area contributed by atoms with Crippen molar-refractivity contribution in [3.8, 4) is 5.75 Å². The number of carbonyl (C=O) groups excluding carboxylic acids is 1. The summed E-state index contributed by atoms with van der Waals surface area (Å²) in [5.74, 6) is 2.10. The van der Waals surface area contributed by atoms with Gasteiger partial charge in [-0.3, -0.25) is 9.69 Å². The number of piperidine rings is 1. The molecule has 2 saturated carbocycles. The zero-order valence-electron chi connectivity index (χ0n) is 22.7. The van der Waals surface area contributed by atoms with E-state index in [0.717, 1.165) is 49.6 Å². The van der Waals surface area contributed by atoms with Gasteiger partial charge in [0.25, 0.3) is 0 Å². The number of hydrogen-bond acceptors (Lipinski definition) is 4. The van der Waals surface area contributed by atoms with Crippen molar-refractivity contribution >= 4 is 12.0 Å². The Morgan fingerprint density at radius 2 is 1.95 bits per heavy atom. The van der Waals surface area contributed by atoms with Crippen LogP contribution in [-0.4, -0.2) is 64.2 Å². The molecule has 5 nitrogen and oxygen atoms in total. The monoisotopic (exact) mass is 512 g/mol. The van der Waals surface area contributed by atoms with Crippen molar-refractivity contribution in [2.75, 3.05) is 19.6 Å². The summed E-state index contributed by atoms with van der Waals surface area (Å²) in [5.41, 5.74) is 2.33. The number of likely N-dealkylation sites (tertiary alicyclic amines) is 1. The lowest BCUT2D eigenvalue weighted by Crippen LogP contribution is -2.78. The average Bonchev–Trinajstić information content (AvgIpc) is 3.66. The third kappa shape index (κ3) is 3.61. The summed E-state index contributed by atoms with van der Waals surface area (Å²) >= 11 is 0. The van der Waals surface area contributed by atoms with Crippen molar-refractivity contribution in [3.63, 3.8) is 0 Å². The number of rotatable bonds is 7. The van der Waals surface area contributed by atoms with Crippen LogP contribution in [0.5, 0.6) is 5.75 Å². The van der Waals surface area contributed by atoms with Crippen molar-refractivity contribution in [1.29, 1.82) is 0 Å². The van der Waals surface area contributed by atoms with Crippen LogP contribution < -0.4 is 4.74 Å². The van der Waals surface area contributed by atoms with Crippen LogP contribution in [0.1, 0.15) is 62.6 Å². The van der Waals surface area contributed by atoms with Crippen LogP contribution in [0.3, 0.4) is 0 Å². The van der Waals surface area contributed by atoms with Gasteiger partial charge in [-0.2, -0.15) is 0 Å². The number of benzene rings is 2. The first-order valence-electron chi connectivity index (χ1n) is 14.7. The van der Waals surface area contributed by atoms with E-state index in [0.29, 0.717) is 18.9 Å². The van der Waals surface area contributed by atoms with Crippen LogP contribution in [0, 0.1) is 11.8 Å². The Balaban J connectivity index is 1.27. The number of carbonyl (C=O) groups is 1. The molecular formula is C33H40N2O3. The van der Waals surface area contributed by atoms with Gasteiger partial charge < -0.3 is 14.7 Å². The number of hydrogen-bond donors (Lipinski definition) is 1. The fourth-order valence-corrected chi connectivity index (χ4v) is 8.35. The highest BCUT2D eigenvalue weighted by molar-refractivity contribution is 5.92. The molecule has 2 aliphatic heterocycles. The first-order chi connectivity index (χ1) is 18.4. The van der Waals surface area contributed by atoms with Gasteiger partial charge in [-0.1, -0.05) is 56.3 Å². The second-order valence-corrected chi connectivity index (χ2v) is 12.9. The predicted octanol–water partition coefficient (Wildman–Crippen LogP) is 4.82. The van der Waals surface area contributed by atoms with Crippen molar-refractivity contribution in [2.45, 2.75) is 81.6 Å². The second kappa shape index (κ2) is 8.96. The first-order valence-corrected chi connectivity index (χ1v) is 14.7. The normalized spacial score (nSPS) is 33.3. The van der Waals surface area contributed by atoms with Crippen LogP contribution in [0.15, 0.2) is 54.6 Å². The Bertz CT molecular complexity index is 1250. The molecule has 7 rings (SSSR count). The quantitative estimate of drug-likeness (QED) is 0.541. The van der Waals surface area contributed by atoms with Gasteiger partial charge in [0.1, 0.15) is 11.9 Å². The molecule has 0 unspecified atom stereocenters. The largest absolute Gasteiger partial charge is 0.487 e. The highest BCUT2D eigenvalue weighted by Gasteiger charge is 2.73. The summed E-state index contributed by atoms with van der Waals surface area (Å²) in [6.45, 7) is 7.13. The molecule has 1 amide bonds. The highest BCUT2D eigenvalue weighted by Crippen LogP contribution is 2.64. The SMILES string of the molecule is CC(C)CN(C(=O)C=Cc1ccccc1)[C@@H]1CC[C@@]2(O)[C@H]3Cc4cccc5c4[C@@]2(CCN3CC2CC2)[C@H]1O5. The zero-order valence-corrected chi connectivity index (χ0v) is 22.7. The van der Waals surface area contributed by atoms with Gasteiger partial charge in [-0.05, 0) is 80.2 Å². The van der Waals surface area contributed by atoms with Crippen LogP contribution in [-0.2, 0) is 16.6 Å². The highest BCUT2D eigenvalue weighted by atomic mass is 16.5. The van der Waals surface area contributed by atoms with Gasteiger partial charge in [-0.25, -0.2) is 0 Å². The zero-order chi connectivity index (χ0) is 26.1. The second-order valence-electron chi connectivity index (χ2n) is 12.9. The summed E-state index contributed by atoms with van der Waals surface area (Å²) in [4.78, 5) is 18.5. The molecule has 3 fully saturated rings. The summed E-state index contributed by atoms with van der Waals surface area (Å²) in [7, 11) is 0. The van der Waals surface area contributed by atoms with Gasteiger partial charge in [0.15, 0.2) is 0 Å². The predicted molar refractivity (Wildman–Crippen MR) is 149 cm³/mol. The Kier molecular flexibility index (Phi) is 5.75. The van der Waals surface area contributed by atoms with E-state index in [4.69, 9.17) is 4.74 Å². The lowest BCUT2D eigenvalue weighted by atomic mass is 9.48. The summed E-state index contributed by atoms with van der Waals surface area (Å²) in [6, 6.07) is 16.5. The van der Waals surface area contributed by atoms with E-state index >= 15 is 0 Å². The maximum atomic E-state index is 13.8. The fraction of sp³-hybridized carbons (Fsp3) is 0.545. The number of amides is 1. The molecule has 1 N–H and O–H groups in total. The summed E-state index contributed by atoms with van der Waals surface area (Å²) in [6.07, 6.45) is 9.32. The molecule has 2 bridgehead atoms. The van der Waals surface area contributed by atoms with E-state index < -0.39 is 11.0 Å². The Morgan fingerprint density at radius 1 is 1.13 bits per heavy atom. The molecule has 0 aromatic heterocycles. The van der Waals surface area contributed by atoms with Crippen molar-refractivity contribution < 1.29 is 14.6 Å². The topological polar surface area (TPSA) is 53.0 Å². The molecule has 3 aliphatic carbocycles. The van der Waals surface area contributed by atoms with E-state index in [1.807, 2.05) is 36.4 Å². The van der Waals surface area contributed by atoms with Gasteiger partial charge in [-0.15, -0.1) is 0 Å². The van der Waals surface area contributed by atoms with E-state index in [2.05, 4.69) is 41.8 Å². The molecule has 5 atom stereocenters. The summed E-state index contributed by atoms with van der Waals surface area (Å²) < 4.78 is 6.86. The van der Waals surface area contributed by atoms with Gasteiger partial charge >= 0.3 is 0 Å². The number of ether oxygens (including phenoxy) is 1. The van der Waals surface area contributed by atoms with E-state index in [1.54, 1.807) is 6.08 Å². The fourth-order valence-electron chi connectivity index (χ4n) is 8.35. The number of aliphatic hydroxyl groups is 1. The Labute approximate surface area is 226 Å². The van der Waals surface area contributed by atoms with Gasteiger partial charge in [0, 0.05) is 30.8 Å². The molecule has 1 saturated heterocycles. The summed E-state index contributed by atoms with van der Waals surface area (Å²) in [5, 5.41) is 12.7. The third-order valence-electron chi connectivity index (χ3n) is 10.1. The molecule has 38 heavy (non-hydrogen) atoms. The van der Waals surface area contributed by atoms with Crippen LogP contribution in [0.4, 0.5) is 0 Å². The minimum absolute atomic E-state index is 0.0349. The molecule has 2 aromatic carbocycles.